The Morgan fingerprint density at radius 1 is 0.774 bits per heavy atom. The zero-order valence-corrected chi connectivity index (χ0v) is 21.7. The van der Waals surface area contributed by atoms with E-state index in [9.17, 15) is 0 Å². The van der Waals surface area contributed by atoms with Crippen LogP contribution in [0.4, 0.5) is 0 Å². The van der Waals surface area contributed by atoms with Gasteiger partial charge in [0.25, 0.3) is 0 Å². The third-order valence-electron chi connectivity index (χ3n) is 5.85. The van der Waals surface area contributed by atoms with E-state index in [4.69, 9.17) is 4.99 Å². The Bertz CT molecular complexity index is 832. The van der Waals surface area contributed by atoms with Gasteiger partial charge in [0.15, 0.2) is 0 Å². The summed E-state index contributed by atoms with van der Waals surface area (Å²) >= 11 is 0. The van der Waals surface area contributed by atoms with E-state index in [1.165, 1.54) is 11.1 Å². The van der Waals surface area contributed by atoms with Crippen LogP contribution in [-0.2, 0) is 0 Å². The summed E-state index contributed by atoms with van der Waals surface area (Å²) in [5.41, 5.74) is 2.60. The van der Waals surface area contributed by atoms with E-state index in [0.29, 0.717) is 24.3 Å². The molecule has 0 radical (unpaired) electrons. The highest BCUT2D eigenvalue weighted by Gasteiger charge is 2.55. The summed E-state index contributed by atoms with van der Waals surface area (Å²) in [6.45, 7) is 18.4. The molecule has 3 rings (SSSR count). The van der Waals surface area contributed by atoms with Gasteiger partial charge >= 0.3 is 9.28 Å². The van der Waals surface area contributed by atoms with E-state index < -0.39 is 9.28 Å². The lowest BCUT2D eigenvalue weighted by molar-refractivity contribution is 0.0128. The largest absolute Gasteiger partial charge is 0.358 e. The third-order valence-corrected chi connectivity index (χ3v) is 10.0. The number of rotatable bonds is 7. The highest BCUT2D eigenvalue weighted by molar-refractivity contribution is 6.56. The molecular formula is C26H40N4Si. The molecule has 168 valence electrons. The molecule has 5 heteroatoms. The zero-order chi connectivity index (χ0) is 22.7. The van der Waals surface area contributed by atoms with E-state index in [2.05, 4.69) is 130 Å². The molecule has 1 heterocycles. The maximum atomic E-state index is 5.18. The molecule has 2 aromatic rings. The Morgan fingerprint density at radius 2 is 1.26 bits per heavy atom. The molecule has 0 unspecified atom stereocenters. The Kier molecular flexibility index (Phi) is 7.73. The molecule has 2 aromatic carbocycles. The molecule has 0 saturated carbocycles. The van der Waals surface area contributed by atoms with Crippen molar-refractivity contribution in [2.24, 2.45) is 4.99 Å². The molecule has 0 aromatic heterocycles. The molecule has 0 spiro atoms. The quantitative estimate of drug-likeness (QED) is 0.329. The second-order valence-corrected chi connectivity index (χ2v) is 12.1. The van der Waals surface area contributed by atoms with Crippen LogP contribution in [0.1, 0.15) is 72.7 Å². The number of benzene rings is 2. The van der Waals surface area contributed by atoms with Gasteiger partial charge in [-0.25, -0.2) is 0 Å². The molecule has 31 heavy (non-hydrogen) atoms. The van der Waals surface area contributed by atoms with Crippen LogP contribution < -0.4 is 0 Å². The standard InChI is InChI=1S/C26H40N4Si/c1-19(2)27-25(23-15-11-9-12-16-23)28(20(3)4)31-29(21(5)6)26(30(31)22(7)8)24-17-13-10-14-18-24/h9-22,26,31H,1-8H3/b27-25+. The Morgan fingerprint density at radius 3 is 1.68 bits per heavy atom. The van der Waals surface area contributed by atoms with Gasteiger partial charge in [0, 0.05) is 29.7 Å². The summed E-state index contributed by atoms with van der Waals surface area (Å²) in [5.74, 6) is 1.14. The summed E-state index contributed by atoms with van der Waals surface area (Å²) in [5, 5.41) is 0. The van der Waals surface area contributed by atoms with Crippen molar-refractivity contribution in [3.05, 3.63) is 71.8 Å². The predicted octanol–water partition coefficient (Wildman–Crippen LogP) is 5.40. The van der Waals surface area contributed by atoms with Crippen LogP contribution in [0.25, 0.3) is 0 Å². The average molecular weight is 437 g/mol. The average Bonchev–Trinajstić information content (AvgIpc) is 2.69. The molecule has 1 aliphatic rings. The van der Waals surface area contributed by atoms with Crippen LogP contribution in [0.2, 0.25) is 0 Å². The van der Waals surface area contributed by atoms with E-state index in [1.54, 1.807) is 0 Å². The third kappa shape index (κ3) is 4.94. The normalized spacial score (nSPS) is 20.7. The molecule has 1 saturated heterocycles. The second kappa shape index (κ2) is 10.1. The number of hydrogen-bond acceptors (Lipinski definition) is 3. The van der Waals surface area contributed by atoms with E-state index >= 15 is 0 Å². The second-order valence-electron chi connectivity index (χ2n) is 9.63. The van der Waals surface area contributed by atoms with Crippen molar-refractivity contribution in [3.8, 4) is 0 Å². The fraction of sp³-hybridized carbons (Fsp3) is 0.500. The van der Waals surface area contributed by atoms with E-state index in [0.717, 1.165) is 5.84 Å². The first-order chi connectivity index (χ1) is 14.7. The summed E-state index contributed by atoms with van der Waals surface area (Å²) < 4.78 is 8.21. The van der Waals surface area contributed by atoms with E-state index in [1.807, 2.05) is 0 Å². The van der Waals surface area contributed by atoms with E-state index in [-0.39, 0.29) is 6.04 Å². The van der Waals surface area contributed by atoms with Gasteiger partial charge in [-0.15, -0.1) is 0 Å². The lowest BCUT2D eigenvalue weighted by atomic mass is 10.1. The Hall–Kier alpha value is -1.95. The minimum Gasteiger partial charge on any atom is -0.358 e. The maximum absolute atomic E-state index is 5.18. The van der Waals surface area contributed by atoms with Crippen LogP contribution >= 0.6 is 0 Å². The molecule has 0 atom stereocenters. The van der Waals surface area contributed by atoms with Crippen molar-refractivity contribution in [2.45, 2.75) is 85.7 Å². The van der Waals surface area contributed by atoms with Gasteiger partial charge in [-0.3, -0.25) is 14.1 Å². The van der Waals surface area contributed by atoms with Crippen molar-refractivity contribution >= 4 is 15.1 Å². The van der Waals surface area contributed by atoms with Crippen molar-refractivity contribution < 1.29 is 0 Å². The summed E-state index contributed by atoms with van der Waals surface area (Å²) in [7, 11) is -1.66. The monoisotopic (exact) mass is 436 g/mol. The lowest BCUT2D eigenvalue weighted by Gasteiger charge is -2.64. The van der Waals surface area contributed by atoms with Gasteiger partial charge in [0.2, 0.25) is 0 Å². The highest BCUT2D eigenvalue weighted by Crippen LogP contribution is 2.42. The minimum absolute atomic E-state index is 0.246. The number of nitrogens with zero attached hydrogens (tertiary/aromatic N) is 4. The molecule has 1 aliphatic heterocycles. The molecule has 0 bridgehead atoms. The molecule has 0 aliphatic carbocycles. The van der Waals surface area contributed by atoms with Crippen molar-refractivity contribution in [1.82, 2.24) is 13.7 Å². The fourth-order valence-corrected chi connectivity index (χ4v) is 8.45. The highest BCUT2D eigenvalue weighted by atomic mass is 28.3. The molecule has 4 nitrogen and oxygen atoms in total. The van der Waals surface area contributed by atoms with Crippen LogP contribution in [0.3, 0.4) is 0 Å². The Balaban J connectivity index is 2.11. The van der Waals surface area contributed by atoms with Gasteiger partial charge < -0.3 is 4.57 Å². The summed E-state index contributed by atoms with van der Waals surface area (Å²) in [6, 6.07) is 23.3. The first-order valence-corrected chi connectivity index (χ1v) is 13.3. The summed E-state index contributed by atoms with van der Waals surface area (Å²) in [4.78, 5) is 5.18. The van der Waals surface area contributed by atoms with Gasteiger partial charge in [0.1, 0.15) is 5.84 Å². The first kappa shape index (κ1) is 23.7. The fourth-order valence-electron chi connectivity index (χ4n) is 4.59. The zero-order valence-electron chi connectivity index (χ0n) is 20.5. The maximum Gasteiger partial charge on any atom is 0.307 e. The van der Waals surface area contributed by atoms with Crippen LogP contribution in [0, 0.1) is 0 Å². The predicted molar refractivity (Wildman–Crippen MR) is 135 cm³/mol. The number of aliphatic imine (C=N–C) groups is 1. The van der Waals surface area contributed by atoms with Gasteiger partial charge in [-0.1, -0.05) is 88.4 Å². The molecule has 0 N–H and O–H groups in total. The van der Waals surface area contributed by atoms with Crippen LogP contribution in [-0.4, -0.2) is 53.0 Å². The van der Waals surface area contributed by atoms with Gasteiger partial charge in [0.05, 0.1) is 6.17 Å². The first-order valence-electron chi connectivity index (χ1n) is 11.7. The van der Waals surface area contributed by atoms with Crippen molar-refractivity contribution in [3.63, 3.8) is 0 Å². The van der Waals surface area contributed by atoms with Crippen molar-refractivity contribution in [1.29, 1.82) is 0 Å². The number of hydrogen-bond donors (Lipinski definition) is 0. The van der Waals surface area contributed by atoms with Gasteiger partial charge in [-0.05, 0) is 33.3 Å². The molecule has 1 fully saturated rings. The van der Waals surface area contributed by atoms with Crippen LogP contribution in [0.15, 0.2) is 65.7 Å². The molecular weight excluding hydrogens is 396 g/mol. The molecule has 0 amide bonds. The topological polar surface area (TPSA) is 22.1 Å². The smallest absolute Gasteiger partial charge is 0.307 e. The Labute approximate surface area is 191 Å². The SMILES string of the molecule is CC(C)/N=C(\c1ccccc1)N(C(C)C)[SiH]1N(C(C)C)C(c2ccccc2)N1C(C)C. The van der Waals surface area contributed by atoms with Crippen molar-refractivity contribution in [2.75, 3.05) is 0 Å². The lowest BCUT2D eigenvalue weighted by Crippen LogP contribution is -2.80. The minimum atomic E-state index is -1.66. The van der Waals surface area contributed by atoms with Crippen LogP contribution in [0.5, 0.6) is 0 Å². The summed E-state index contributed by atoms with van der Waals surface area (Å²) in [6.07, 6.45) is 0.329. The number of amidine groups is 1. The van der Waals surface area contributed by atoms with Gasteiger partial charge in [-0.2, -0.15) is 0 Å².